The van der Waals surface area contributed by atoms with Crippen molar-refractivity contribution >= 4 is 43.6 Å². The second-order valence-electron chi connectivity index (χ2n) is 9.08. The summed E-state index contributed by atoms with van der Waals surface area (Å²) in [7, 11) is 0. The summed E-state index contributed by atoms with van der Waals surface area (Å²) in [5.41, 5.74) is 4.33. The molecule has 0 amide bonds. The summed E-state index contributed by atoms with van der Waals surface area (Å²) < 4.78 is 33.4. The molecule has 0 spiro atoms. The highest BCUT2D eigenvalue weighted by Crippen LogP contribution is 2.42. The van der Waals surface area contributed by atoms with Gasteiger partial charge in [0, 0.05) is 27.6 Å². The molecule has 7 aromatic rings. The van der Waals surface area contributed by atoms with E-state index in [0.717, 1.165) is 55.7 Å². The minimum Gasteiger partial charge on any atom is -0.307 e. The predicted octanol–water partition coefficient (Wildman–Crippen LogP) is 7.90. The van der Waals surface area contributed by atoms with Gasteiger partial charge in [0.15, 0.2) is 0 Å². The van der Waals surface area contributed by atoms with E-state index in [1.807, 2.05) is 65.2 Å². The van der Waals surface area contributed by atoms with Gasteiger partial charge < -0.3 is 9.13 Å². The van der Waals surface area contributed by atoms with E-state index in [1.54, 1.807) is 22.8 Å². The zero-order valence-corrected chi connectivity index (χ0v) is 19.8. The summed E-state index contributed by atoms with van der Waals surface area (Å²) >= 11 is 0. The van der Waals surface area contributed by atoms with Gasteiger partial charge in [-0.05, 0) is 42.5 Å². The Morgan fingerprint density at radius 1 is 0.579 bits per heavy atom. The Morgan fingerprint density at radius 3 is 1.95 bits per heavy atom. The summed E-state index contributed by atoms with van der Waals surface area (Å²) in [5, 5.41) is 23.4. The predicted molar refractivity (Wildman–Crippen MR) is 144 cm³/mol. The average molecular weight is 495 g/mol. The molecule has 0 aliphatic carbocycles. The number of nitrogens with zero attached hydrogens (tertiary/aromatic N) is 4. The monoisotopic (exact) mass is 494 g/mol. The molecular weight excluding hydrogens is 478 g/mol. The second kappa shape index (κ2) is 8.03. The molecular formula is C32H16F2N4. The van der Waals surface area contributed by atoms with Gasteiger partial charge in [-0.3, -0.25) is 0 Å². The molecule has 7 rings (SSSR count). The Bertz CT molecular complexity index is 2160. The quantitative estimate of drug-likeness (QED) is 0.245. The van der Waals surface area contributed by atoms with Crippen molar-refractivity contribution in [1.82, 2.24) is 9.13 Å². The summed E-state index contributed by atoms with van der Waals surface area (Å²) in [6, 6.07) is 32.3. The van der Waals surface area contributed by atoms with Gasteiger partial charge in [-0.1, -0.05) is 48.5 Å². The Morgan fingerprint density at radius 2 is 1.24 bits per heavy atom. The van der Waals surface area contributed by atoms with Crippen LogP contribution in [0, 0.1) is 34.3 Å². The van der Waals surface area contributed by atoms with Crippen LogP contribution in [0.25, 0.3) is 55.0 Å². The lowest BCUT2D eigenvalue weighted by Crippen LogP contribution is -2.01. The Kier molecular flexibility index (Phi) is 4.60. The summed E-state index contributed by atoms with van der Waals surface area (Å²) in [6.07, 6.45) is 0. The van der Waals surface area contributed by atoms with Crippen molar-refractivity contribution < 1.29 is 8.78 Å². The van der Waals surface area contributed by atoms with E-state index in [9.17, 15) is 14.9 Å². The molecule has 178 valence electrons. The molecule has 2 heterocycles. The lowest BCUT2D eigenvalue weighted by Gasteiger charge is -2.12. The molecule has 0 atom stereocenters. The van der Waals surface area contributed by atoms with E-state index in [4.69, 9.17) is 0 Å². The maximum Gasteiger partial charge on any atom is 0.147 e. The highest BCUT2D eigenvalue weighted by atomic mass is 19.1. The fourth-order valence-corrected chi connectivity index (χ4v) is 5.62. The molecule has 6 heteroatoms. The van der Waals surface area contributed by atoms with Crippen LogP contribution in [0.4, 0.5) is 8.78 Å². The van der Waals surface area contributed by atoms with Crippen LogP contribution >= 0.6 is 0 Å². The first kappa shape index (κ1) is 21.8. The van der Waals surface area contributed by atoms with Crippen molar-refractivity contribution in [3.63, 3.8) is 0 Å². The number of fused-ring (bicyclic) bond motifs is 7. The third-order valence-electron chi connectivity index (χ3n) is 7.12. The van der Waals surface area contributed by atoms with Gasteiger partial charge >= 0.3 is 0 Å². The Hall–Kier alpha value is -5.46. The average Bonchev–Trinajstić information content (AvgIpc) is 3.46. The molecule has 0 bridgehead atoms. The molecule has 0 unspecified atom stereocenters. The van der Waals surface area contributed by atoms with Crippen LogP contribution in [0.1, 0.15) is 11.1 Å². The second-order valence-corrected chi connectivity index (χ2v) is 9.08. The lowest BCUT2D eigenvalue weighted by atomic mass is 10.1. The van der Waals surface area contributed by atoms with Crippen molar-refractivity contribution in [1.29, 1.82) is 10.5 Å². The highest BCUT2D eigenvalue weighted by molar-refractivity contribution is 6.26. The number of para-hydroxylation sites is 3. The van der Waals surface area contributed by atoms with Crippen LogP contribution in [0.15, 0.2) is 97.1 Å². The zero-order chi connectivity index (χ0) is 26.0. The van der Waals surface area contributed by atoms with Crippen LogP contribution in [0.5, 0.6) is 0 Å². The van der Waals surface area contributed by atoms with Crippen LogP contribution < -0.4 is 0 Å². The van der Waals surface area contributed by atoms with E-state index in [2.05, 4.69) is 12.1 Å². The zero-order valence-electron chi connectivity index (χ0n) is 19.8. The standard InChI is InChI=1S/C32H16F2N4/c33-21-12-14-25(34)29(16-21)38-26-10-3-1-8-22(26)23-13-15-28-30(32(23)38)24-9-2-4-11-27(24)37(28)31-19(17-35)6-5-7-20(31)18-36/h1-16H. The van der Waals surface area contributed by atoms with Gasteiger partial charge in [-0.15, -0.1) is 0 Å². The van der Waals surface area contributed by atoms with Gasteiger partial charge in [0.1, 0.15) is 23.8 Å². The number of nitriles is 2. The fraction of sp³-hybridized carbons (Fsp3) is 0. The van der Waals surface area contributed by atoms with Crippen molar-refractivity contribution in [3.8, 4) is 23.5 Å². The van der Waals surface area contributed by atoms with E-state index in [0.29, 0.717) is 16.8 Å². The van der Waals surface area contributed by atoms with Gasteiger partial charge in [-0.25, -0.2) is 8.78 Å². The number of halogens is 2. The number of hydrogen-bond acceptors (Lipinski definition) is 2. The smallest absolute Gasteiger partial charge is 0.147 e. The highest BCUT2D eigenvalue weighted by Gasteiger charge is 2.23. The van der Waals surface area contributed by atoms with E-state index in [-0.39, 0.29) is 5.69 Å². The topological polar surface area (TPSA) is 57.4 Å². The Labute approximate surface area is 215 Å². The SMILES string of the molecule is N#Cc1cccc(C#N)c1-n1c2ccccc2c2c1ccc1c3ccccc3n(-c3cc(F)ccc3F)c12. The van der Waals surface area contributed by atoms with E-state index >= 15 is 4.39 Å². The van der Waals surface area contributed by atoms with Gasteiger partial charge in [0.25, 0.3) is 0 Å². The van der Waals surface area contributed by atoms with Crippen molar-refractivity contribution in [2.75, 3.05) is 0 Å². The van der Waals surface area contributed by atoms with Crippen LogP contribution in [0.3, 0.4) is 0 Å². The maximum absolute atomic E-state index is 15.3. The molecule has 0 saturated heterocycles. The van der Waals surface area contributed by atoms with Gasteiger partial charge in [0.05, 0.1) is 44.6 Å². The first-order valence-electron chi connectivity index (χ1n) is 12.0. The van der Waals surface area contributed by atoms with Gasteiger partial charge in [0.2, 0.25) is 0 Å². The normalized spacial score (nSPS) is 11.4. The molecule has 38 heavy (non-hydrogen) atoms. The fourth-order valence-electron chi connectivity index (χ4n) is 5.62. The van der Waals surface area contributed by atoms with Crippen LogP contribution in [0.2, 0.25) is 0 Å². The third-order valence-corrected chi connectivity index (χ3v) is 7.12. The molecule has 0 N–H and O–H groups in total. The third kappa shape index (κ3) is 2.86. The molecule has 0 aliphatic heterocycles. The van der Waals surface area contributed by atoms with E-state index in [1.165, 1.54) is 6.07 Å². The van der Waals surface area contributed by atoms with Crippen LogP contribution in [-0.2, 0) is 0 Å². The first-order valence-corrected chi connectivity index (χ1v) is 12.0. The number of benzene rings is 5. The Balaban J connectivity index is 1.78. The van der Waals surface area contributed by atoms with Crippen molar-refractivity contribution in [3.05, 3.63) is 120 Å². The van der Waals surface area contributed by atoms with Crippen molar-refractivity contribution in [2.24, 2.45) is 0 Å². The number of rotatable bonds is 2. The van der Waals surface area contributed by atoms with E-state index < -0.39 is 11.6 Å². The first-order chi connectivity index (χ1) is 18.6. The maximum atomic E-state index is 15.3. The molecule has 0 saturated carbocycles. The molecule has 5 aromatic carbocycles. The summed E-state index contributed by atoms with van der Waals surface area (Å²) in [4.78, 5) is 0. The molecule has 2 aromatic heterocycles. The molecule has 0 fully saturated rings. The summed E-state index contributed by atoms with van der Waals surface area (Å²) in [5.74, 6) is -1.08. The van der Waals surface area contributed by atoms with Crippen molar-refractivity contribution in [2.45, 2.75) is 0 Å². The molecule has 0 radical (unpaired) electrons. The largest absolute Gasteiger partial charge is 0.307 e. The number of hydrogen-bond donors (Lipinski definition) is 0. The van der Waals surface area contributed by atoms with Gasteiger partial charge in [-0.2, -0.15) is 10.5 Å². The molecule has 0 aliphatic rings. The molecule has 4 nitrogen and oxygen atoms in total. The lowest BCUT2D eigenvalue weighted by molar-refractivity contribution is 0.595. The number of aromatic nitrogens is 2. The summed E-state index contributed by atoms with van der Waals surface area (Å²) in [6.45, 7) is 0. The minimum atomic E-state index is -0.545. The van der Waals surface area contributed by atoms with Crippen LogP contribution in [-0.4, -0.2) is 9.13 Å². The minimum absolute atomic E-state index is 0.107.